The second-order valence-electron chi connectivity index (χ2n) is 8.97. The molecule has 5 rings (SSSR count). The number of hydrazone groups is 1. The fourth-order valence-corrected chi connectivity index (χ4v) is 4.88. The summed E-state index contributed by atoms with van der Waals surface area (Å²) in [5.41, 5.74) is 6.12. The molecular weight excluding hydrogens is 602 g/mol. The minimum absolute atomic E-state index is 0.191. The van der Waals surface area contributed by atoms with E-state index in [-0.39, 0.29) is 11.3 Å². The van der Waals surface area contributed by atoms with E-state index in [0.29, 0.717) is 28.5 Å². The van der Waals surface area contributed by atoms with Crippen molar-refractivity contribution in [1.29, 1.82) is 0 Å². The molecule has 0 fully saturated rings. The van der Waals surface area contributed by atoms with Gasteiger partial charge in [-0.15, -0.1) is 0 Å². The first-order valence-electron chi connectivity index (χ1n) is 12.7. The van der Waals surface area contributed by atoms with Gasteiger partial charge < -0.3 is 23.9 Å². The molecule has 0 aliphatic heterocycles. The van der Waals surface area contributed by atoms with Crippen LogP contribution in [0.1, 0.15) is 26.4 Å². The first-order valence-corrected chi connectivity index (χ1v) is 13.5. The number of aromatic amines is 1. The number of para-hydroxylation sites is 1. The summed E-state index contributed by atoms with van der Waals surface area (Å²) in [6.07, 6.45) is 1.41. The molecule has 10 heteroatoms. The zero-order valence-corrected chi connectivity index (χ0v) is 24.5. The summed E-state index contributed by atoms with van der Waals surface area (Å²) in [6.45, 7) is 0. The summed E-state index contributed by atoms with van der Waals surface area (Å²) < 4.78 is 22.4. The Labute approximate surface area is 250 Å². The van der Waals surface area contributed by atoms with Gasteiger partial charge in [-0.1, -0.05) is 64.5 Å². The van der Waals surface area contributed by atoms with Gasteiger partial charge in [0.2, 0.25) is 5.75 Å². The number of ether oxygens (including phenoxy) is 4. The maximum atomic E-state index is 13.3. The van der Waals surface area contributed by atoms with Crippen LogP contribution in [-0.4, -0.2) is 44.4 Å². The number of halogens is 1. The van der Waals surface area contributed by atoms with Crippen LogP contribution in [0.25, 0.3) is 22.0 Å². The van der Waals surface area contributed by atoms with Crippen LogP contribution < -0.4 is 24.4 Å². The Balaban J connectivity index is 1.40. The Morgan fingerprint density at radius 2 is 1.52 bits per heavy atom. The maximum Gasteiger partial charge on any atom is 0.343 e. The number of rotatable bonds is 9. The number of hydrogen-bond donors (Lipinski definition) is 2. The molecular formula is C32H26BrN3O6. The summed E-state index contributed by atoms with van der Waals surface area (Å²) in [6, 6.07) is 25.4. The van der Waals surface area contributed by atoms with Gasteiger partial charge in [-0.05, 0) is 42.0 Å². The Hall–Kier alpha value is -5.09. The van der Waals surface area contributed by atoms with E-state index in [1.54, 1.807) is 18.2 Å². The highest BCUT2D eigenvalue weighted by atomic mass is 79.9. The third-order valence-corrected chi connectivity index (χ3v) is 6.93. The third kappa shape index (κ3) is 5.84. The first-order chi connectivity index (χ1) is 20.4. The number of esters is 1. The van der Waals surface area contributed by atoms with Crippen LogP contribution in [0.4, 0.5) is 0 Å². The molecule has 1 aromatic heterocycles. The van der Waals surface area contributed by atoms with Crippen molar-refractivity contribution in [2.75, 3.05) is 21.3 Å². The Bertz CT molecular complexity index is 1770. The normalized spacial score (nSPS) is 11.0. The smallest absolute Gasteiger partial charge is 0.343 e. The standard InChI is InChI=1S/C32H26BrN3O6/c1-39-26-16-20(17-27(40-2)30(26)41-3)32(38)42-25-14-13-22(33)15-21(25)18-34-36-31(37)29-28(19-9-5-4-6-10-19)23-11-7-8-12-24(23)35-29/h4-18,35H,1-3H3,(H,36,37). The van der Waals surface area contributed by atoms with Crippen molar-refractivity contribution in [2.45, 2.75) is 0 Å². The van der Waals surface area contributed by atoms with E-state index >= 15 is 0 Å². The summed E-state index contributed by atoms with van der Waals surface area (Å²) in [5.74, 6) is 0.139. The van der Waals surface area contributed by atoms with E-state index < -0.39 is 11.9 Å². The molecule has 42 heavy (non-hydrogen) atoms. The molecule has 5 aromatic rings. The van der Waals surface area contributed by atoms with Crippen molar-refractivity contribution < 1.29 is 28.5 Å². The minimum Gasteiger partial charge on any atom is -0.493 e. The Morgan fingerprint density at radius 3 is 2.21 bits per heavy atom. The third-order valence-electron chi connectivity index (χ3n) is 6.44. The molecule has 9 nitrogen and oxygen atoms in total. The number of hydrogen-bond acceptors (Lipinski definition) is 7. The van der Waals surface area contributed by atoms with Crippen molar-refractivity contribution in [3.05, 3.63) is 106 Å². The number of aromatic nitrogens is 1. The molecule has 2 N–H and O–H groups in total. The number of amides is 1. The molecule has 0 aliphatic rings. The lowest BCUT2D eigenvalue weighted by Gasteiger charge is -2.14. The van der Waals surface area contributed by atoms with Crippen molar-refractivity contribution >= 4 is 44.9 Å². The van der Waals surface area contributed by atoms with Crippen LogP contribution in [0.15, 0.2) is 94.5 Å². The number of nitrogens with one attached hydrogen (secondary N) is 2. The maximum absolute atomic E-state index is 13.3. The highest BCUT2D eigenvalue weighted by Crippen LogP contribution is 2.38. The van der Waals surface area contributed by atoms with Gasteiger partial charge in [0.25, 0.3) is 5.91 Å². The number of nitrogens with zero attached hydrogens (tertiary/aromatic N) is 1. The predicted octanol–water partition coefficient (Wildman–Crippen LogP) is 6.61. The second kappa shape index (κ2) is 12.6. The molecule has 212 valence electrons. The van der Waals surface area contributed by atoms with Crippen LogP contribution >= 0.6 is 15.9 Å². The van der Waals surface area contributed by atoms with Crippen molar-refractivity contribution in [1.82, 2.24) is 10.4 Å². The van der Waals surface area contributed by atoms with Gasteiger partial charge >= 0.3 is 5.97 Å². The van der Waals surface area contributed by atoms with E-state index in [0.717, 1.165) is 26.5 Å². The lowest BCUT2D eigenvalue weighted by atomic mass is 10.0. The first kappa shape index (κ1) is 28.4. The lowest BCUT2D eigenvalue weighted by molar-refractivity contribution is 0.0733. The fraction of sp³-hybridized carbons (Fsp3) is 0.0938. The van der Waals surface area contributed by atoms with E-state index in [4.69, 9.17) is 18.9 Å². The van der Waals surface area contributed by atoms with Crippen molar-refractivity contribution in [3.63, 3.8) is 0 Å². The molecule has 0 bridgehead atoms. The van der Waals surface area contributed by atoms with Crippen LogP contribution in [0.3, 0.4) is 0 Å². The van der Waals surface area contributed by atoms with Gasteiger partial charge in [-0.25, -0.2) is 10.2 Å². The Morgan fingerprint density at radius 1 is 0.833 bits per heavy atom. The monoisotopic (exact) mass is 627 g/mol. The highest BCUT2D eigenvalue weighted by molar-refractivity contribution is 9.10. The van der Waals surface area contributed by atoms with Gasteiger partial charge in [0.05, 0.1) is 33.1 Å². The summed E-state index contributed by atoms with van der Waals surface area (Å²) in [7, 11) is 4.40. The summed E-state index contributed by atoms with van der Waals surface area (Å²) in [4.78, 5) is 29.6. The predicted molar refractivity (Wildman–Crippen MR) is 164 cm³/mol. The second-order valence-corrected chi connectivity index (χ2v) is 9.89. The largest absolute Gasteiger partial charge is 0.493 e. The Kier molecular flexibility index (Phi) is 8.54. The molecule has 0 unspecified atom stereocenters. The number of methoxy groups -OCH3 is 3. The van der Waals surface area contributed by atoms with E-state index in [1.807, 2.05) is 54.6 Å². The highest BCUT2D eigenvalue weighted by Gasteiger charge is 2.20. The van der Waals surface area contributed by atoms with Crippen LogP contribution in [0.5, 0.6) is 23.0 Å². The summed E-state index contributed by atoms with van der Waals surface area (Å²) in [5, 5.41) is 5.09. The molecule has 1 amide bonds. The van der Waals surface area contributed by atoms with Gasteiger partial charge in [-0.3, -0.25) is 4.79 Å². The van der Waals surface area contributed by atoms with E-state index in [9.17, 15) is 9.59 Å². The van der Waals surface area contributed by atoms with Crippen molar-refractivity contribution in [2.24, 2.45) is 5.10 Å². The molecule has 0 spiro atoms. The van der Waals surface area contributed by atoms with Crippen LogP contribution in [-0.2, 0) is 0 Å². The molecule has 0 radical (unpaired) electrons. The van der Waals surface area contributed by atoms with Gasteiger partial charge in [0.15, 0.2) is 11.5 Å². The zero-order chi connectivity index (χ0) is 29.6. The van der Waals surface area contributed by atoms with Gasteiger partial charge in [0, 0.05) is 26.5 Å². The van der Waals surface area contributed by atoms with Crippen LogP contribution in [0, 0.1) is 0 Å². The van der Waals surface area contributed by atoms with Crippen LogP contribution in [0.2, 0.25) is 0 Å². The lowest BCUT2D eigenvalue weighted by Crippen LogP contribution is -2.19. The molecule has 1 heterocycles. The molecule has 0 saturated carbocycles. The minimum atomic E-state index is -0.652. The number of carbonyl (C=O) groups is 2. The number of H-pyrrole nitrogens is 1. The van der Waals surface area contributed by atoms with E-state index in [2.05, 4.69) is 31.4 Å². The summed E-state index contributed by atoms with van der Waals surface area (Å²) >= 11 is 3.43. The fourth-order valence-electron chi connectivity index (χ4n) is 4.50. The topological polar surface area (TPSA) is 111 Å². The molecule has 0 aliphatic carbocycles. The number of fused-ring (bicyclic) bond motifs is 1. The molecule has 0 saturated heterocycles. The average Bonchev–Trinajstić information content (AvgIpc) is 3.41. The molecule has 0 atom stereocenters. The molecule has 4 aromatic carbocycles. The van der Waals surface area contributed by atoms with Gasteiger partial charge in [0.1, 0.15) is 11.4 Å². The number of benzene rings is 4. The van der Waals surface area contributed by atoms with Crippen molar-refractivity contribution in [3.8, 4) is 34.1 Å². The average molecular weight is 628 g/mol. The zero-order valence-electron chi connectivity index (χ0n) is 22.9. The SMILES string of the molecule is COc1cc(C(=O)Oc2ccc(Br)cc2C=NNC(=O)c2[nH]c3ccccc3c2-c2ccccc2)cc(OC)c1OC. The quantitative estimate of drug-likeness (QED) is 0.0823. The van der Waals surface area contributed by atoms with Gasteiger partial charge in [-0.2, -0.15) is 5.10 Å². The number of carbonyl (C=O) groups excluding carboxylic acids is 2. The van der Waals surface area contributed by atoms with E-state index in [1.165, 1.54) is 39.7 Å².